The van der Waals surface area contributed by atoms with Gasteiger partial charge in [0.25, 0.3) is 0 Å². The number of likely N-dealkylation sites (N-methyl/N-ethyl adjacent to an activating group) is 1. The van der Waals surface area contributed by atoms with Crippen molar-refractivity contribution in [3.8, 4) is 11.1 Å². The van der Waals surface area contributed by atoms with Gasteiger partial charge in [0.2, 0.25) is 11.8 Å². The number of rotatable bonds is 7. The molecular weight excluding hydrogens is 416 g/mol. The van der Waals surface area contributed by atoms with Crippen molar-refractivity contribution in [1.82, 2.24) is 29.8 Å². The molecule has 0 radical (unpaired) electrons. The second kappa shape index (κ2) is 9.94. The van der Waals surface area contributed by atoms with Crippen LogP contribution in [0.4, 0.5) is 0 Å². The molecule has 0 bridgehead atoms. The van der Waals surface area contributed by atoms with Crippen molar-refractivity contribution >= 4 is 11.8 Å². The van der Waals surface area contributed by atoms with Crippen LogP contribution < -0.4 is 0 Å². The van der Waals surface area contributed by atoms with E-state index in [1.807, 2.05) is 68.3 Å². The van der Waals surface area contributed by atoms with Crippen molar-refractivity contribution in [2.24, 2.45) is 0 Å². The second-order valence-electron chi connectivity index (χ2n) is 8.66. The lowest BCUT2D eigenvalue weighted by Crippen LogP contribution is -2.59. The van der Waals surface area contributed by atoms with E-state index < -0.39 is 6.04 Å². The lowest BCUT2D eigenvalue weighted by Gasteiger charge is -2.40. The zero-order valence-electron chi connectivity index (χ0n) is 19.4. The number of carbonyl (C=O) groups is 2. The SMILES string of the molecule is CCN1CCN(C(=O)Cn2cc(C(C)C)nn2)[C@@H](Cc2ccc(-c3cccnc3)cc2)C1=O. The fourth-order valence-electron chi connectivity index (χ4n) is 4.12. The molecule has 2 aromatic heterocycles. The van der Waals surface area contributed by atoms with Crippen LogP contribution in [-0.4, -0.2) is 67.3 Å². The Morgan fingerprint density at radius 2 is 1.91 bits per heavy atom. The number of hydrogen-bond acceptors (Lipinski definition) is 5. The van der Waals surface area contributed by atoms with Gasteiger partial charge in [0.1, 0.15) is 12.6 Å². The Kier molecular flexibility index (Phi) is 6.82. The van der Waals surface area contributed by atoms with E-state index in [2.05, 4.69) is 15.3 Å². The van der Waals surface area contributed by atoms with Crippen LogP contribution in [0.2, 0.25) is 0 Å². The Balaban J connectivity index is 1.51. The monoisotopic (exact) mass is 446 g/mol. The minimum absolute atomic E-state index is 0.00473. The molecule has 2 amide bonds. The summed E-state index contributed by atoms with van der Waals surface area (Å²) >= 11 is 0. The zero-order chi connectivity index (χ0) is 23.4. The molecule has 4 rings (SSSR count). The fraction of sp³-hybridized carbons (Fsp3) is 0.400. The van der Waals surface area contributed by atoms with Crippen LogP contribution in [0.15, 0.2) is 55.0 Å². The predicted octanol–water partition coefficient (Wildman–Crippen LogP) is 2.77. The largest absolute Gasteiger partial charge is 0.339 e. The van der Waals surface area contributed by atoms with Crippen molar-refractivity contribution in [2.75, 3.05) is 19.6 Å². The number of piperazine rings is 1. The molecule has 0 unspecified atom stereocenters. The molecule has 3 aromatic rings. The van der Waals surface area contributed by atoms with E-state index >= 15 is 0 Å². The number of nitrogens with zero attached hydrogens (tertiary/aromatic N) is 6. The zero-order valence-corrected chi connectivity index (χ0v) is 19.4. The molecule has 1 saturated heterocycles. The minimum atomic E-state index is -0.525. The van der Waals surface area contributed by atoms with Gasteiger partial charge in [-0.15, -0.1) is 5.10 Å². The van der Waals surface area contributed by atoms with Gasteiger partial charge in [-0.2, -0.15) is 0 Å². The Hall–Kier alpha value is -3.55. The highest BCUT2D eigenvalue weighted by Crippen LogP contribution is 2.22. The molecule has 1 aromatic carbocycles. The number of aromatic nitrogens is 4. The highest BCUT2D eigenvalue weighted by atomic mass is 16.2. The first-order chi connectivity index (χ1) is 16.0. The standard InChI is InChI=1S/C25H30N6O2/c1-4-29-12-13-31(24(32)17-30-16-22(18(2)3)27-28-30)23(25(29)33)14-19-7-9-20(10-8-19)21-6-5-11-26-15-21/h5-11,15-16,18,23H,4,12-14,17H2,1-3H3/t23-/m0/s1. The van der Waals surface area contributed by atoms with Gasteiger partial charge < -0.3 is 9.80 Å². The Morgan fingerprint density at radius 3 is 2.55 bits per heavy atom. The van der Waals surface area contributed by atoms with E-state index in [1.165, 1.54) is 0 Å². The third kappa shape index (κ3) is 5.10. The Labute approximate surface area is 194 Å². The molecule has 1 aliphatic heterocycles. The molecule has 172 valence electrons. The van der Waals surface area contributed by atoms with Crippen molar-refractivity contribution in [3.63, 3.8) is 0 Å². The summed E-state index contributed by atoms with van der Waals surface area (Å²) in [4.78, 5) is 34.1. The van der Waals surface area contributed by atoms with Crippen LogP contribution in [0.3, 0.4) is 0 Å². The maximum absolute atomic E-state index is 13.2. The fourth-order valence-corrected chi connectivity index (χ4v) is 4.12. The Bertz CT molecular complexity index is 1090. The second-order valence-corrected chi connectivity index (χ2v) is 8.66. The summed E-state index contributed by atoms with van der Waals surface area (Å²) in [6.07, 6.45) is 5.86. The van der Waals surface area contributed by atoms with Gasteiger partial charge in [-0.3, -0.25) is 14.6 Å². The van der Waals surface area contributed by atoms with E-state index in [-0.39, 0.29) is 24.3 Å². The van der Waals surface area contributed by atoms with Gasteiger partial charge in [-0.1, -0.05) is 49.4 Å². The highest BCUT2D eigenvalue weighted by molar-refractivity contribution is 5.89. The lowest BCUT2D eigenvalue weighted by atomic mass is 9.98. The molecule has 3 heterocycles. The van der Waals surface area contributed by atoms with Crippen LogP contribution in [-0.2, 0) is 22.6 Å². The average molecular weight is 447 g/mol. The van der Waals surface area contributed by atoms with Gasteiger partial charge in [0, 0.05) is 44.6 Å². The summed E-state index contributed by atoms with van der Waals surface area (Å²) in [5.74, 6) is 0.122. The van der Waals surface area contributed by atoms with Gasteiger partial charge in [-0.05, 0) is 35.6 Å². The van der Waals surface area contributed by atoms with Crippen LogP contribution in [0, 0.1) is 0 Å². The van der Waals surface area contributed by atoms with Gasteiger partial charge in [0.05, 0.1) is 5.69 Å². The molecule has 1 aliphatic rings. The number of amides is 2. The Morgan fingerprint density at radius 1 is 1.12 bits per heavy atom. The maximum Gasteiger partial charge on any atom is 0.245 e. The van der Waals surface area contributed by atoms with E-state index in [9.17, 15) is 9.59 Å². The normalized spacial score (nSPS) is 16.5. The summed E-state index contributed by atoms with van der Waals surface area (Å²) in [6, 6.07) is 11.5. The number of hydrogen-bond donors (Lipinski definition) is 0. The molecule has 8 nitrogen and oxygen atoms in total. The molecule has 0 saturated carbocycles. The topological polar surface area (TPSA) is 84.2 Å². The van der Waals surface area contributed by atoms with E-state index in [4.69, 9.17) is 0 Å². The number of carbonyl (C=O) groups excluding carboxylic acids is 2. The molecule has 0 spiro atoms. The molecule has 1 atom stereocenters. The van der Waals surface area contributed by atoms with E-state index in [0.717, 1.165) is 22.4 Å². The summed E-state index contributed by atoms with van der Waals surface area (Å²) in [5, 5.41) is 8.23. The first-order valence-electron chi connectivity index (χ1n) is 11.4. The summed E-state index contributed by atoms with van der Waals surface area (Å²) < 4.78 is 1.56. The van der Waals surface area contributed by atoms with Crippen molar-refractivity contribution in [2.45, 2.75) is 45.7 Å². The van der Waals surface area contributed by atoms with E-state index in [0.29, 0.717) is 26.1 Å². The summed E-state index contributed by atoms with van der Waals surface area (Å²) in [5.41, 5.74) is 3.97. The van der Waals surface area contributed by atoms with Crippen molar-refractivity contribution < 1.29 is 9.59 Å². The third-order valence-electron chi connectivity index (χ3n) is 6.11. The molecular formula is C25H30N6O2. The molecule has 1 fully saturated rings. The van der Waals surface area contributed by atoms with Gasteiger partial charge in [0.15, 0.2) is 0 Å². The van der Waals surface area contributed by atoms with Crippen molar-refractivity contribution in [3.05, 3.63) is 66.2 Å². The summed E-state index contributed by atoms with van der Waals surface area (Å²) in [6.45, 7) is 7.82. The molecule has 0 N–H and O–H groups in total. The quantitative estimate of drug-likeness (QED) is 0.557. The van der Waals surface area contributed by atoms with Crippen molar-refractivity contribution in [1.29, 1.82) is 0 Å². The molecule has 0 aliphatic carbocycles. The first kappa shape index (κ1) is 22.6. The molecule has 8 heteroatoms. The average Bonchev–Trinajstić information content (AvgIpc) is 3.30. The van der Waals surface area contributed by atoms with Gasteiger partial charge >= 0.3 is 0 Å². The van der Waals surface area contributed by atoms with Crippen LogP contribution in [0.5, 0.6) is 0 Å². The predicted molar refractivity (Wildman–Crippen MR) is 125 cm³/mol. The molecule has 33 heavy (non-hydrogen) atoms. The minimum Gasteiger partial charge on any atom is -0.339 e. The smallest absolute Gasteiger partial charge is 0.245 e. The first-order valence-corrected chi connectivity index (χ1v) is 11.4. The van der Waals surface area contributed by atoms with Gasteiger partial charge in [-0.25, -0.2) is 4.68 Å². The third-order valence-corrected chi connectivity index (χ3v) is 6.11. The van der Waals surface area contributed by atoms with Crippen LogP contribution >= 0.6 is 0 Å². The van der Waals surface area contributed by atoms with Crippen LogP contribution in [0.25, 0.3) is 11.1 Å². The maximum atomic E-state index is 13.2. The highest BCUT2D eigenvalue weighted by Gasteiger charge is 2.36. The van der Waals surface area contributed by atoms with Crippen LogP contribution in [0.1, 0.15) is 37.9 Å². The number of benzene rings is 1. The van der Waals surface area contributed by atoms with E-state index in [1.54, 1.807) is 22.0 Å². The summed E-state index contributed by atoms with van der Waals surface area (Å²) in [7, 11) is 0. The number of pyridine rings is 1. The lowest BCUT2D eigenvalue weighted by molar-refractivity contribution is -0.151.